The van der Waals surface area contributed by atoms with Crippen LogP contribution in [0.2, 0.25) is 0 Å². The molecule has 0 unspecified atom stereocenters. The fourth-order valence-electron chi connectivity index (χ4n) is 1.84. The number of rotatable bonds is 3. The van der Waals surface area contributed by atoms with Crippen molar-refractivity contribution in [1.82, 2.24) is 0 Å². The van der Waals surface area contributed by atoms with Crippen molar-refractivity contribution in [3.63, 3.8) is 0 Å². The molecule has 2 aromatic carbocycles. The van der Waals surface area contributed by atoms with Crippen LogP contribution in [-0.2, 0) is 0 Å². The molecular weight excluding hydrogens is 244 g/mol. The van der Waals surface area contributed by atoms with Gasteiger partial charge in [-0.25, -0.2) is 4.79 Å². The number of carboxylic acid groups (broad SMARTS) is 1. The predicted octanol–water partition coefficient (Wildman–Crippen LogP) is 3.92. The van der Waals surface area contributed by atoms with E-state index in [1.54, 1.807) is 18.2 Å². The third-order valence-corrected chi connectivity index (χ3v) is 2.70. The first-order valence-electron chi connectivity index (χ1n) is 5.73. The number of carboxylic acids is 1. The largest absolute Gasteiger partial charge is 0.475 e. The van der Waals surface area contributed by atoms with Crippen molar-refractivity contribution >= 4 is 16.9 Å². The van der Waals surface area contributed by atoms with Gasteiger partial charge in [0, 0.05) is 6.07 Å². The van der Waals surface area contributed by atoms with Gasteiger partial charge < -0.3 is 14.3 Å². The summed E-state index contributed by atoms with van der Waals surface area (Å²) < 4.78 is 11.0. The lowest BCUT2D eigenvalue weighted by Gasteiger charge is -2.05. The fraction of sp³-hybridized carbons (Fsp3) is 0. The Morgan fingerprint density at radius 2 is 1.84 bits per heavy atom. The Bertz CT molecular complexity index is 728. The summed E-state index contributed by atoms with van der Waals surface area (Å²) in [7, 11) is 0. The summed E-state index contributed by atoms with van der Waals surface area (Å²) in [6.45, 7) is 0. The summed E-state index contributed by atoms with van der Waals surface area (Å²) in [5.41, 5.74) is 0.492. The van der Waals surface area contributed by atoms with Gasteiger partial charge in [-0.3, -0.25) is 0 Å². The number of furan rings is 1. The van der Waals surface area contributed by atoms with Crippen LogP contribution in [0.4, 0.5) is 0 Å². The number of para-hydroxylation sites is 1. The third-order valence-electron chi connectivity index (χ3n) is 2.70. The molecule has 0 aliphatic carbocycles. The minimum absolute atomic E-state index is 0.0980. The summed E-state index contributed by atoms with van der Waals surface area (Å²) in [5.74, 6) is 0.0639. The van der Waals surface area contributed by atoms with Gasteiger partial charge in [0.25, 0.3) is 0 Å². The molecule has 0 amide bonds. The number of ether oxygens (including phenoxy) is 1. The number of aromatic carboxylic acids is 1. The quantitative estimate of drug-likeness (QED) is 0.769. The first-order chi connectivity index (χ1) is 9.24. The van der Waals surface area contributed by atoms with E-state index in [2.05, 4.69) is 0 Å². The van der Waals surface area contributed by atoms with E-state index < -0.39 is 5.97 Å². The number of carbonyl (C=O) groups is 1. The van der Waals surface area contributed by atoms with Crippen molar-refractivity contribution in [3.05, 3.63) is 60.4 Å². The van der Waals surface area contributed by atoms with E-state index in [1.807, 2.05) is 30.3 Å². The van der Waals surface area contributed by atoms with E-state index >= 15 is 0 Å². The van der Waals surface area contributed by atoms with Gasteiger partial charge in [-0.2, -0.15) is 0 Å². The maximum Gasteiger partial charge on any atom is 0.371 e. The average molecular weight is 254 g/mol. The van der Waals surface area contributed by atoms with Crippen molar-refractivity contribution in [2.24, 2.45) is 0 Å². The smallest absolute Gasteiger partial charge is 0.371 e. The zero-order valence-electron chi connectivity index (χ0n) is 9.87. The maximum atomic E-state index is 10.9. The second-order valence-electron chi connectivity index (χ2n) is 4.00. The molecule has 0 radical (unpaired) electrons. The first kappa shape index (κ1) is 11.3. The Balaban J connectivity index is 2.06. The summed E-state index contributed by atoms with van der Waals surface area (Å²) in [6, 6.07) is 16.0. The fourth-order valence-corrected chi connectivity index (χ4v) is 1.84. The molecule has 1 N–H and O–H groups in total. The van der Waals surface area contributed by atoms with Crippen LogP contribution in [0.5, 0.6) is 11.5 Å². The molecule has 4 nitrogen and oxygen atoms in total. The molecule has 0 atom stereocenters. The Labute approximate surface area is 108 Å². The molecule has 0 spiro atoms. The molecule has 94 valence electrons. The van der Waals surface area contributed by atoms with Crippen LogP contribution in [0.25, 0.3) is 11.0 Å². The van der Waals surface area contributed by atoms with Crippen LogP contribution in [0.3, 0.4) is 0 Å². The lowest BCUT2D eigenvalue weighted by atomic mass is 10.2. The van der Waals surface area contributed by atoms with Gasteiger partial charge in [-0.15, -0.1) is 0 Å². The van der Waals surface area contributed by atoms with E-state index in [0.717, 1.165) is 0 Å². The van der Waals surface area contributed by atoms with Crippen LogP contribution in [0, 0.1) is 0 Å². The average Bonchev–Trinajstić information content (AvgIpc) is 2.85. The molecule has 0 fully saturated rings. The topological polar surface area (TPSA) is 59.7 Å². The lowest BCUT2D eigenvalue weighted by Crippen LogP contribution is -1.91. The number of benzene rings is 2. The first-order valence-corrected chi connectivity index (χ1v) is 5.73. The van der Waals surface area contributed by atoms with Gasteiger partial charge >= 0.3 is 5.97 Å². The number of hydrogen-bond donors (Lipinski definition) is 1. The van der Waals surface area contributed by atoms with Crippen molar-refractivity contribution in [2.45, 2.75) is 0 Å². The zero-order chi connectivity index (χ0) is 13.2. The van der Waals surface area contributed by atoms with Gasteiger partial charge in [0.2, 0.25) is 5.76 Å². The summed E-state index contributed by atoms with van der Waals surface area (Å²) in [4.78, 5) is 10.9. The van der Waals surface area contributed by atoms with E-state index in [-0.39, 0.29) is 5.76 Å². The van der Waals surface area contributed by atoms with E-state index in [1.165, 1.54) is 6.07 Å². The van der Waals surface area contributed by atoms with Crippen molar-refractivity contribution in [3.8, 4) is 11.5 Å². The minimum Gasteiger partial charge on any atom is -0.475 e. The van der Waals surface area contributed by atoms with E-state index in [4.69, 9.17) is 14.3 Å². The highest BCUT2D eigenvalue weighted by Gasteiger charge is 2.13. The second-order valence-corrected chi connectivity index (χ2v) is 4.00. The van der Waals surface area contributed by atoms with Gasteiger partial charge in [0.1, 0.15) is 17.1 Å². The monoisotopic (exact) mass is 254 g/mol. The molecule has 3 aromatic rings. The third kappa shape index (κ3) is 2.15. The standard InChI is InChI=1S/C15H10O4/c16-15(17)14-9-11-12(7-4-8-13(11)19-14)18-10-5-2-1-3-6-10/h1-9H,(H,16,17). The van der Waals surface area contributed by atoms with E-state index in [9.17, 15) is 4.79 Å². The molecule has 0 bridgehead atoms. The van der Waals surface area contributed by atoms with Crippen molar-refractivity contribution in [1.29, 1.82) is 0 Å². The predicted molar refractivity (Wildman–Crippen MR) is 69.7 cm³/mol. The van der Waals surface area contributed by atoms with Gasteiger partial charge in [-0.1, -0.05) is 24.3 Å². The van der Waals surface area contributed by atoms with Gasteiger partial charge in [0.15, 0.2) is 0 Å². The maximum absolute atomic E-state index is 10.9. The van der Waals surface area contributed by atoms with Crippen LogP contribution in [0.15, 0.2) is 59.0 Å². The Kier molecular flexibility index (Phi) is 2.68. The minimum atomic E-state index is -1.10. The molecule has 0 aliphatic heterocycles. The second kappa shape index (κ2) is 4.49. The Morgan fingerprint density at radius 3 is 2.58 bits per heavy atom. The molecule has 4 heteroatoms. The summed E-state index contributed by atoms with van der Waals surface area (Å²) in [5, 5.41) is 9.57. The van der Waals surface area contributed by atoms with Crippen LogP contribution in [-0.4, -0.2) is 11.1 Å². The van der Waals surface area contributed by atoms with Crippen LogP contribution in [0.1, 0.15) is 10.6 Å². The van der Waals surface area contributed by atoms with Crippen LogP contribution >= 0.6 is 0 Å². The molecule has 19 heavy (non-hydrogen) atoms. The number of fused-ring (bicyclic) bond motifs is 1. The molecule has 1 aromatic heterocycles. The molecular formula is C15H10O4. The Morgan fingerprint density at radius 1 is 1.05 bits per heavy atom. The van der Waals surface area contributed by atoms with E-state index in [0.29, 0.717) is 22.5 Å². The Hall–Kier alpha value is -2.75. The van der Waals surface area contributed by atoms with Gasteiger partial charge in [-0.05, 0) is 24.3 Å². The molecule has 0 saturated carbocycles. The lowest BCUT2D eigenvalue weighted by molar-refractivity contribution is 0.0665. The zero-order valence-corrected chi connectivity index (χ0v) is 9.87. The molecule has 1 heterocycles. The summed E-state index contributed by atoms with van der Waals surface area (Å²) in [6.07, 6.45) is 0. The van der Waals surface area contributed by atoms with Gasteiger partial charge in [0.05, 0.1) is 5.39 Å². The SMILES string of the molecule is O=C(O)c1cc2c(Oc3ccccc3)cccc2o1. The highest BCUT2D eigenvalue weighted by atomic mass is 16.5. The van der Waals surface area contributed by atoms with Crippen LogP contribution < -0.4 is 4.74 Å². The summed E-state index contributed by atoms with van der Waals surface area (Å²) >= 11 is 0. The highest BCUT2D eigenvalue weighted by molar-refractivity contribution is 5.94. The molecule has 3 rings (SSSR count). The number of hydrogen-bond acceptors (Lipinski definition) is 3. The van der Waals surface area contributed by atoms with Crippen molar-refractivity contribution < 1.29 is 19.1 Å². The highest BCUT2D eigenvalue weighted by Crippen LogP contribution is 2.31. The normalized spacial score (nSPS) is 10.5. The molecule has 0 saturated heterocycles. The van der Waals surface area contributed by atoms with Crippen molar-refractivity contribution in [2.75, 3.05) is 0 Å². The molecule has 0 aliphatic rings.